The van der Waals surface area contributed by atoms with Gasteiger partial charge in [-0.3, -0.25) is 0 Å². The summed E-state index contributed by atoms with van der Waals surface area (Å²) >= 11 is 11.3. The number of rotatable bonds is 2. The molecule has 1 N–H and O–H groups in total. The quantitative estimate of drug-likeness (QED) is 0.610. The molecule has 1 aromatic rings. The van der Waals surface area contributed by atoms with Gasteiger partial charge in [0.2, 0.25) is 0 Å². The third-order valence-electron chi connectivity index (χ3n) is 1.67. The largest absolute Gasteiger partial charge is 0.392 e. The molecule has 0 saturated heterocycles. The van der Waals surface area contributed by atoms with Crippen LogP contribution in [0.15, 0.2) is 18.2 Å². The first kappa shape index (κ1) is 11.4. The van der Waals surface area contributed by atoms with Gasteiger partial charge in [0.25, 0.3) is 0 Å². The second-order valence-corrected chi connectivity index (χ2v) is 3.49. The molecule has 74 valence electrons. The SMILES string of the molecule is OCc1cc(C#CCCCl)ccc1Cl. The molecule has 0 aliphatic heterocycles. The summed E-state index contributed by atoms with van der Waals surface area (Å²) in [6, 6.07) is 5.34. The lowest BCUT2D eigenvalue weighted by Gasteiger charge is -1.99. The van der Waals surface area contributed by atoms with Crippen molar-refractivity contribution in [2.24, 2.45) is 0 Å². The van der Waals surface area contributed by atoms with E-state index in [9.17, 15) is 0 Å². The van der Waals surface area contributed by atoms with Gasteiger partial charge >= 0.3 is 0 Å². The lowest BCUT2D eigenvalue weighted by atomic mass is 10.1. The summed E-state index contributed by atoms with van der Waals surface area (Å²) in [5.74, 6) is 6.39. The van der Waals surface area contributed by atoms with Crippen molar-refractivity contribution >= 4 is 23.2 Å². The van der Waals surface area contributed by atoms with Gasteiger partial charge in [-0.1, -0.05) is 23.4 Å². The van der Waals surface area contributed by atoms with E-state index in [1.165, 1.54) is 0 Å². The summed E-state index contributed by atoms with van der Waals surface area (Å²) < 4.78 is 0. The van der Waals surface area contributed by atoms with Crippen LogP contribution in [0.5, 0.6) is 0 Å². The molecule has 3 heteroatoms. The Balaban J connectivity index is 2.86. The smallest absolute Gasteiger partial charge is 0.0696 e. The zero-order valence-corrected chi connectivity index (χ0v) is 9.07. The standard InChI is InChI=1S/C11H10Cl2O/c12-6-2-1-3-9-4-5-11(13)10(7-9)8-14/h4-5,7,14H,2,6,8H2. The molecule has 1 rings (SSSR count). The molecule has 0 fully saturated rings. The number of halogens is 2. The molecule has 0 atom stereocenters. The van der Waals surface area contributed by atoms with Gasteiger partial charge in [-0.05, 0) is 23.8 Å². The molecular formula is C11H10Cl2O. The van der Waals surface area contributed by atoms with E-state index in [-0.39, 0.29) is 6.61 Å². The molecule has 0 radical (unpaired) electrons. The van der Waals surface area contributed by atoms with E-state index in [1.54, 1.807) is 12.1 Å². The van der Waals surface area contributed by atoms with Gasteiger partial charge in [-0.25, -0.2) is 0 Å². The van der Waals surface area contributed by atoms with Crippen molar-refractivity contribution in [1.82, 2.24) is 0 Å². The van der Waals surface area contributed by atoms with Crippen molar-refractivity contribution in [3.05, 3.63) is 34.3 Å². The highest BCUT2D eigenvalue weighted by molar-refractivity contribution is 6.31. The zero-order valence-electron chi connectivity index (χ0n) is 7.56. The van der Waals surface area contributed by atoms with Gasteiger partial charge in [0.15, 0.2) is 0 Å². The number of aliphatic hydroxyl groups excluding tert-OH is 1. The lowest BCUT2D eigenvalue weighted by molar-refractivity contribution is 0.282. The second-order valence-electron chi connectivity index (χ2n) is 2.71. The highest BCUT2D eigenvalue weighted by Gasteiger charge is 1.98. The summed E-state index contributed by atoms with van der Waals surface area (Å²) in [6.07, 6.45) is 0.665. The number of aliphatic hydroxyl groups is 1. The lowest BCUT2D eigenvalue weighted by Crippen LogP contribution is -1.86. The Morgan fingerprint density at radius 1 is 1.36 bits per heavy atom. The minimum absolute atomic E-state index is 0.0656. The molecule has 0 amide bonds. The Bertz CT molecular complexity index is 363. The minimum atomic E-state index is -0.0656. The number of hydrogen-bond donors (Lipinski definition) is 1. The Kier molecular flexibility index (Phi) is 4.82. The topological polar surface area (TPSA) is 20.2 Å². The van der Waals surface area contributed by atoms with E-state index in [1.807, 2.05) is 6.07 Å². The van der Waals surface area contributed by atoms with Crippen LogP contribution in [0.1, 0.15) is 17.5 Å². The van der Waals surface area contributed by atoms with Crippen LogP contribution < -0.4 is 0 Å². The maximum absolute atomic E-state index is 8.96. The van der Waals surface area contributed by atoms with Gasteiger partial charge in [0, 0.05) is 22.9 Å². The molecule has 0 heterocycles. The summed E-state index contributed by atoms with van der Waals surface area (Å²) in [5, 5.41) is 9.53. The van der Waals surface area contributed by atoms with Crippen molar-refractivity contribution in [3.63, 3.8) is 0 Å². The van der Waals surface area contributed by atoms with Crippen LogP contribution in [0.4, 0.5) is 0 Å². The van der Waals surface area contributed by atoms with E-state index >= 15 is 0 Å². The van der Waals surface area contributed by atoms with Crippen LogP contribution in [-0.4, -0.2) is 11.0 Å². The van der Waals surface area contributed by atoms with Crippen molar-refractivity contribution in [3.8, 4) is 11.8 Å². The molecule has 0 saturated carbocycles. The third kappa shape index (κ3) is 3.23. The highest BCUT2D eigenvalue weighted by atomic mass is 35.5. The molecule has 0 bridgehead atoms. The monoisotopic (exact) mass is 228 g/mol. The zero-order chi connectivity index (χ0) is 10.4. The molecule has 0 aromatic heterocycles. The Morgan fingerprint density at radius 2 is 2.14 bits per heavy atom. The summed E-state index contributed by atoms with van der Waals surface area (Å²) in [6.45, 7) is -0.0656. The van der Waals surface area contributed by atoms with Gasteiger partial charge in [-0.15, -0.1) is 11.6 Å². The molecule has 1 nitrogen and oxygen atoms in total. The first-order chi connectivity index (χ1) is 6.77. The highest BCUT2D eigenvalue weighted by Crippen LogP contribution is 2.16. The minimum Gasteiger partial charge on any atom is -0.392 e. The fourth-order valence-corrected chi connectivity index (χ4v) is 1.26. The Morgan fingerprint density at radius 3 is 2.79 bits per heavy atom. The molecule has 0 spiro atoms. The molecule has 0 aliphatic carbocycles. The van der Waals surface area contributed by atoms with Crippen molar-refractivity contribution < 1.29 is 5.11 Å². The van der Waals surface area contributed by atoms with E-state index in [2.05, 4.69) is 11.8 Å². The van der Waals surface area contributed by atoms with Crippen LogP contribution in [0.3, 0.4) is 0 Å². The molecule has 1 aromatic carbocycles. The number of benzene rings is 1. The fourth-order valence-electron chi connectivity index (χ4n) is 0.985. The maximum atomic E-state index is 8.96. The molecule has 14 heavy (non-hydrogen) atoms. The van der Waals surface area contributed by atoms with Crippen LogP contribution in [0.2, 0.25) is 5.02 Å². The first-order valence-electron chi connectivity index (χ1n) is 4.22. The first-order valence-corrected chi connectivity index (χ1v) is 5.13. The summed E-state index contributed by atoms with van der Waals surface area (Å²) in [4.78, 5) is 0. The van der Waals surface area contributed by atoms with Crippen molar-refractivity contribution in [2.45, 2.75) is 13.0 Å². The molecule has 0 unspecified atom stereocenters. The molecular weight excluding hydrogens is 219 g/mol. The van der Waals surface area contributed by atoms with E-state index < -0.39 is 0 Å². The van der Waals surface area contributed by atoms with Gasteiger partial charge in [-0.2, -0.15) is 0 Å². The maximum Gasteiger partial charge on any atom is 0.0696 e. The predicted octanol–water partition coefficient (Wildman–Crippen LogP) is 2.81. The van der Waals surface area contributed by atoms with Gasteiger partial charge in [0.1, 0.15) is 0 Å². The Hall–Kier alpha value is -0.680. The van der Waals surface area contributed by atoms with Crippen molar-refractivity contribution in [2.75, 3.05) is 5.88 Å². The average molecular weight is 229 g/mol. The predicted molar refractivity (Wildman–Crippen MR) is 59.6 cm³/mol. The number of hydrogen-bond acceptors (Lipinski definition) is 1. The third-order valence-corrected chi connectivity index (χ3v) is 2.23. The van der Waals surface area contributed by atoms with Gasteiger partial charge < -0.3 is 5.11 Å². The van der Waals surface area contributed by atoms with Crippen LogP contribution in [0, 0.1) is 11.8 Å². The normalized spacial score (nSPS) is 9.36. The number of alkyl halides is 1. The van der Waals surface area contributed by atoms with Gasteiger partial charge in [0.05, 0.1) is 6.61 Å². The second kappa shape index (κ2) is 5.93. The Labute approximate surface area is 93.7 Å². The fraction of sp³-hybridized carbons (Fsp3) is 0.273. The van der Waals surface area contributed by atoms with Crippen LogP contribution in [0.25, 0.3) is 0 Å². The van der Waals surface area contributed by atoms with Crippen molar-refractivity contribution in [1.29, 1.82) is 0 Å². The van der Waals surface area contributed by atoms with E-state index in [4.69, 9.17) is 28.3 Å². The van der Waals surface area contributed by atoms with E-state index in [0.717, 1.165) is 5.56 Å². The van der Waals surface area contributed by atoms with E-state index in [0.29, 0.717) is 22.9 Å². The van der Waals surface area contributed by atoms with Crippen LogP contribution >= 0.6 is 23.2 Å². The summed E-state index contributed by atoms with van der Waals surface area (Å²) in [5.41, 5.74) is 1.55. The molecule has 0 aliphatic rings. The van der Waals surface area contributed by atoms with Crippen LogP contribution in [-0.2, 0) is 6.61 Å². The average Bonchev–Trinajstić information content (AvgIpc) is 2.21. The summed E-state index contributed by atoms with van der Waals surface area (Å²) in [7, 11) is 0.